The Hall–Kier alpha value is -7.74. The maximum absolute atomic E-state index is 14.2. The molecule has 2 saturated heterocycles. The van der Waals surface area contributed by atoms with Crippen molar-refractivity contribution in [1.29, 1.82) is 0 Å². The summed E-state index contributed by atoms with van der Waals surface area (Å²) in [7, 11) is 0. The van der Waals surface area contributed by atoms with Gasteiger partial charge in [0.1, 0.15) is 24.2 Å². The van der Waals surface area contributed by atoms with E-state index in [2.05, 4.69) is 39.7 Å². The van der Waals surface area contributed by atoms with Crippen molar-refractivity contribution >= 4 is 46.2 Å². The van der Waals surface area contributed by atoms with Crippen LogP contribution in [-0.2, 0) is 9.53 Å². The molecule has 2 fully saturated rings. The third kappa shape index (κ3) is 6.34. The number of halogens is 1. The topological polar surface area (TPSA) is 165 Å². The van der Waals surface area contributed by atoms with Crippen LogP contribution in [0.2, 0.25) is 0 Å². The van der Waals surface area contributed by atoms with Crippen LogP contribution in [0.25, 0.3) is 27.7 Å². The summed E-state index contributed by atoms with van der Waals surface area (Å²) in [5.41, 5.74) is 14.3. The summed E-state index contributed by atoms with van der Waals surface area (Å²) in [5.74, 6) is -0.740. The number of nitrogen functional groups attached to an aromatic ring is 1. The van der Waals surface area contributed by atoms with Crippen LogP contribution in [0, 0.1) is 19.7 Å². The number of rotatable bonds is 9. The molecule has 4 amide bonds. The minimum atomic E-state index is -0.749. The number of aromatic nitrogens is 3. The molecule has 7 aromatic rings. The van der Waals surface area contributed by atoms with E-state index in [1.54, 1.807) is 49.4 Å². The Labute approximate surface area is 350 Å². The monoisotopic (exact) mass is 817 g/mol. The van der Waals surface area contributed by atoms with E-state index in [0.717, 1.165) is 27.8 Å². The van der Waals surface area contributed by atoms with Gasteiger partial charge in [0.25, 0.3) is 5.91 Å². The van der Waals surface area contributed by atoms with Crippen LogP contribution in [0.1, 0.15) is 52.1 Å². The zero-order valence-electron chi connectivity index (χ0n) is 33.0. The highest BCUT2D eigenvalue weighted by molar-refractivity contribution is 6.22. The fourth-order valence-electron chi connectivity index (χ4n) is 8.89. The van der Waals surface area contributed by atoms with Crippen molar-refractivity contribution in [2.24, 2.45) is 0 Å². The maximum Gasteiger partial charge on any atom is 0.407 e. The van der Waals surface area contributed by atoms with Crippen LogP contribution < -0.4 is 20.7 Å². The van der Waals surface area contributed by atoms with Gasteiger partial charge in [0, 0.05) is 24.8 Å². The number of aromatic amines is 1. The number of carbonyl (C=O) groups excluding carboxylic acids is 4. The van der Waals surface area contributed by atoms with Gasteiger partial charge in [-0.15, -0.1) is 0 Å². The van der Waals surface area contributed by atoms with Crippen LogP contribution in [0.15, 0.2) is 115 Å². The number of aryl methyl sites for hydroxylation is 2. The number of nitrogens with one attached hydrogen (secondary N) is 2. The van der Waals surface area contributed by atoms with Gasteiger partial charge in [-0.05, 0) is 102 Å². The number of alkyl carbamates (subject to hydrolysis) is 1. The van der Waals surface area contributed by atoms with Gasteiger partial charge in [-0.25, -0.2) is 23.6 Å². The van der Waals surface area contributed by atoms with Crippen LogP contribution in [0.3, 0.4) is 0 Å². The molecular weight excluding hydrogens is 778 g/mol. The third-order valence-electron chi connectivity index (χ3n) is 11.8. The lowest BCUT2D eigenvalue weighted by Crippen LogP contribution is -2.41. The molecule has 2 atom stereocenters. The number of amides is 4. The number of nitrogens with two attached hydrogens (primary N) is 1. The first-order chi connectivity index (χ1) is 29.5. The van der Waals surface area contributed by atoms with Gasteiger partial charge in [-0.1, -0.05) is 60.7 Å². The minimum absolute atomic E-state index is 0. The van der Waals surface area contributed by atoms with E-state index < -0.39 is 41.7 Å². The van der Waals surface area contributed by atoms with Crippen molar-refractivity contribution in [3.05, 3.63) is 155 Å². The van der Waals surface area contributed by atoms with Gasteiger partial charge in [-0.2, -0.15) is 5.10 Å². The summed E-state index contributed by atoms with van der Waals surface area (Å²) in [6.45, 7) is 3.93. The lowest BCUT2D eigenvalue weighted by atomic mass is 9.98. The van der Waals surface area contributed by atoms with Crippen molar-refractivity contribution in [2.75, 3.05) is 23.8 Å². The Kier molecular flexibility index (Phi) is 8.93. The summed E-state index contributed by atoms with van der Waals surface area (Å²) in [6.07, 6.45) is 1.04. The fraction of sp³-hybridized carbons (Fsp3) is 0.170. The molecule has 1 aliphatic carbocycles. The van der Waals surface area contributed by atoms with Crippen molar-refractivity contribution in [1.82, 2.24) is 25.0 Å². The number of imide groups is 1. The van der Waals surface area contributed by atoms with Gasteiger partial charge in [0.05, 0.1) is 34.9 Å². The molecule has 0 bridgehead atoms. The number of fused-ring (bicyclic) bond motifs is 5. The highest BCUT2D eigenvalue weighted by Crippen LogP contribution is 2.44. The standard InChI is InChI=1S/C47H38FN7O6.H2/c1-25-17-27-19-38(43(56)34-22-50-55(44(34)49)39-16-15-29(18-26(39)2)61-42-14-8-7-13-36(42)48)52-37(27)21-40(25)54-45(57)41-20-28(23-53(41)47(54)59)51-46(58)60-24-35-32-11-5-3-9-30(32)31-10-4-6-12-33(31)35;/h3-19,21-22,28,35,41,52H,20,23-24,49H2,1-2H3,(H,51,58);1H. The number of carbonyl (C=O) groups is 4. The first-order valence-electron chi connectivity index (χ1n) is 19.8. The number of hydrogen-bond donors (Lipinski definition) is 3. The number of urea groups is 1. The summed E-state index contributed by atoms with van der Waals surface area (Å²) < 4.78 is 27.1. The van der Waals surface area contributed by atoms with Crippen LogP contribution in [-0.4, -0.2) is 68.7 Å². The summed E-state index contributed by atoms with van der Waals surface area (Å²) in [4.78, 5) is 60.4. The number of benzene rings is 5. The van der Waals surface area contributed by atoms with Gasteiger partial charge in [-0.3, -0.25) is 9.59 Å². The molecule has 10 rings (SSSR count). The second kappa shape index (κ2) is 14.5. The lowest BCUT2D eigenvalue weighted by Gasteiger charge is -2.20. The van der Waals surface area contributed by atoms with Crippen LogP contribution >= 0.6 is 0 Å². The number of ketones is 1. The molecule has 2 aromatic heterocycles. The van der Waals surface area contributed by atoms with Crippen LogP contribution in [0.5, 0.6) is 11.5 Å². The van der Waals surface area contributed by atoms with E-state index in [9.17, 15) is 23.6 Å². The predicted molar refractivity (Wildman–Crippen MR) is 228 cm³/mol. The average Bonchev–Trinajstić information content (AvgIpc) is 4.07. The molecule has 2 unspecified atom stereocenters. The van der Waals surface area contributed by atoms with Gasteiger partial charge in [0.2, 0.25) is 5.78 Å². The summed E-state index contributed by atoms with van der Waals surface area (Å²) >= 11 is 0. The molecule has 0 radical (unpaired) electrons. The first-order valence-corrected chi connectivity index (χ1v) is 19.8. The quantitative estimate of drug-likeness (QED) is 0.0966. The fourth-order valence-corrected chi connectivity index (χ4v) is 8.89. The largest absolute Gasteiger partial charge is 0.454 e. The third-order valence-corrected chi connectivity index (χ3v) is 11.8. The van der Waals surface area contributed by atoms with Gasteiger partial charge >= 0.3 is 12.1 Å². The highest BCUT2D eigenvalue weighted by atomic mass is 19.1. The maximum atomic E-state index is 14.2. The number of hydrogen-bond acceptors (Lipinski definition) is 8. The summed E-state index contributed by atoms with van der Waals surface area (Å²) in [5, 5.41) is 7.97. The molecule has 14 heteroatoms. The molecule has 306 valence electrons. The van der Waals surface area contributed by atoms with Crippen molar-refractivity contribution < 1.29 is 34.5 Å². The highest BCUT2D eigenvalue weighted by Gasteiger charge is 2.52. The zero-order chi connectivity index (χ0) is 42.1. The smallest absolute Gasteiger partial charge is 0.407 e. The Morgan fingerprint density at radius 3 is 2.33 bits per heavy atom. The number of anilines is 2. The Bertz CT molecular complexity index is 2910. The second-order valence-corrected chi connectivity index (χ2v) is 15.6. The van der Waals surface area contributed by atoms with E-state index in [-0.39, 0.29) is 49.7 Å². The zero-order valence-corrected chi connectivity index (χ0v) is 33.0. The molecule has 3 aliphatic rings. The molecule has 4 heterocycles. The number of H-pyrrole nitrogens is 1. The SMILES string of the molecule is Cc1cc2cc(C(=O)c3cnn(-c4ccc(Oc5ccccc5F)cc4C)c3N)[nH]c2cc1N1C(=O)C2CC(NC(=O)OCC3c4ccccc4-c4ccccc43)CN2C1=O.[HH]. The normalized spacial score (nSPS) is 16.8. The Morgan fingerprint density at radius 2 is 1.61 bits per heavy atom. The predicted octanol–water partition coefficient (Wildman–Crippen LogP) is 8.41. The van der Waals surface area contributed by atoms with Crippen molar-refractivity contribution in [2.45, 2.75) is 38.3 Å². The van der Waals surface area contributed by atoms with E-state index in [0.29, 0.717) is 33.6 Å². The lowest BCUT2D eigenvalue weighted by molar-refractivity contribution is -0.119. The second-order valence-electron chi connectivity index (χ2n) is 15.6. The molecule has 61 heavy (non-hydrogen) atoms. The minimum Gasteiger partial charge on any atom is -0.454 e. The molecule has 0 spiro atoms. The molecule has 4 N–H and O–H groups in total. The van der Waals surface area contributed by atoms with Crippen LogP contribution in [0.4, 0.5) is 25.5 Å². The van der Waals surface area contributed by atoms with Crippen molar-refractivity contribution in [3.8, 4) is 28.3 Å². The van der Waals surface area contributed by atoms with E-state index in [1.807, 2.05) is 37.3 Å². The molecular formula is C47H40FN7O6. The van der Waals surface area contributed by atoms with E-state index >= 15 is 0 Å². The summed E-state index contributed by atoms with van der Waals surface area (Å²) in [6, 6.07) is 30.9. The van der Waals surface area contributed by atoms with Crippen molar-refractivity contribution in [3.63, 3.8) is 0 Å². The number of nitrogens with zero attached hydrogens (tertiary/aromatic N) is 4. The number of para-hydroxylation sites is 1. The van der Waals surface area contributed by atoms with Gasteiger partial charge < -0.3 is 30.4 Å². The molecule has 2 aliphatic heterocycles. The van der Waals surface area contributed by atoms with E-state index in [1.165, 1.54) is 32.8 Å². The number of ether oxygens (including phenoxy) is 2. The Morgan fingerprint density at radius 1 is 0.902 bits per heavy atom. The first kappa shape index (κ1) is 37.5. The molecule has 0 saturated carbocycles. The van der Waals surface area contributed by atoms with Gasteiger partial charge in [0.15, 0.2) is 11.6 Å². The molecule has 13 nitrogen and oxygen atoms in total. The molecule has 5 aromatic carbocycles. The average molecular weight is 818 g/mol. The Balaban J connectivity index is 0.00000490. The van der Waals surface area contributed by atoms with E-state index in [4.69, 9.17) is 15.2 Å².